The topological polar surface area (TPSA) is 26.3 Å². The first-order valence-electron chi connectivity index (χ1n) is 10.5. The van der Waals surface area contributed by atoms with Crippen LogP contribution in [0.3, 0.4) is 0 Å². The molecule has 152 valence electrons. The van der Waals surface area contributed by atoms with E-state index in [2.05, 4.69) is 55.4 Å². The summed E-state index contributed by atoms with van der Waals surface area (Å²) in [5, 5.41) is 0. The smallest absolute Gasteiger partial charge is 0.312 e. The normalized spacial score (nSPS) is 21.3. The first-order chi connectivity index (χ1) is 11.3. The largest absolute Gasteiger partial charge is 0.462 e. The molecular formula is C23H48O2. The van der Waals surface area contributed by atoms with Gasteiger partial charge in [-0.1, -0.05) is 75.7 Å². The van der Waals surface area contributed by atoms with Gasteiger partial charge in [-0.25, -0.2) is 0 Å². The molecule has 0 unspecified atom stereocenters. The van der Waals surface area contributed by atoms with Gasteiger partial charge in [-0.05, 0) is 56.3 Å². The lowest BCUT2D eigenvalue weighted by molar-refractivity contribution is -0.168. The van der Waals surface area contributed by atoms with E-state index in [1.807, 2.05) is 27.7 Å². The first-order valence-corrected chi connectivity index (χ1v) is 10.5. The fourth-order valence-electron chi connectivity index (χ4n) is 2.65. The number of rotatable bonds is 2. The molecular weight excluding hydrogens is 308 g/mol. The zero-order valence-corrected chi connectivity index (χ0v) is 19.5. The number of carbonyl (C=O) groups is 1. The fourth-order valence-corrected chi connectivity index (χ4v) is 2.65. The van der Waals surface area contributed by atoms with E-state index in [4.69, 9.17) is 4.74 Å². The van der Waals surface area contributed by atoms with Crippen LogP contribution in [0.5, 0.6) is 0 Å². The molecule has 0 spiro atoms. The molecule has 2 nitrogen and oxygen atoms in total. The lowest BCUT2D eigenvalue weighted by Crippen LogP contribution is -2.41. The molecule has 0 radical (unpaired) electrons. The highest BCUT2D eigenvalue weighted by Gasteiger charge is 2.42. The van der Waals surface area contributed by atoms with E-state index in [9.17, 15) is 4.79 Å². The van der Waals surface area contributed by atoms with Crippen molar-refractivity contribution in [3.8, 4) is 0 Å². The van der Waals surface area contributed by atoms with E-state index in [1.165, 1.54) is 19.3 Å². The fraction of sp³-hybridized carbons (Fsp3) is 0.957. The van der Waals surface area contributed by atoms with Crippen molar-refractivity contribution >= 4 is 5.97 Å². The summed E-state index contributed by atoms with van der Waals surface area (Å²) in [6.45, 7) is 25.5. The molecule has 0 bridgehead atoms. The average Bonchev–Trinajstić information content (AvgIpc) is 2.48. The molecule has 2 heteroatoms. The van der Waals surface area contributed by atoms with Gasteiger partial charge in [0.05, 0.1) is 5.41 Å². The molecule has 0 atom stereocenters. The highest BCUT2D eigenvalue weighted by atomic mass is 16.5. The number of hydrogen-bond donors (Lipinski definition) is 0. The van der Waals surface area contributed by atoms with Crippen molar-refractivity contribution in [2.24, 2.45) is 22.2 Å². The summed E-state index contributed by atoms with van der Waals surface area (Å²) < 4.78 is 5.80. The van der Waals surface area contributed by atoms with Crippen LogP contribution < -0.4 is 0 Å². The minimum Gasteiger partial charge on any atom is -0.462 e. The molecule has 1 rings (SSSR count). The van der Waals surface area contributed by atoms with Gasteiger partial charge in [-0.3, -0.25) is 4.79 Å². The van der Waals surface area contributed by atoms with Crippen LogP contribution in [0.1, 0.15) is 115 Å². The summed E-state index contributed by atoms with van der Waals surface area (Å²) >= 11 is 0. The maximum Gasteiger partial charge on any atom is 0.312 e. The third-order valence-corrected chi connectivity index (χ3v) is 5.56. The van der Waals surface area contributed by atoms with Crippen LogP contribution in [0, 0.1) is 22.2 Å². The van der Waals surface area contributed by atoms with E-state index in [0.717, 1.165) is 18.8 Å². The Balaban J connectivity index is 0. The van der Waals surface area contributed by atoms with Gasteiger partial charge in [0.1, 0.15) is 6.10 Å². The summed E-state index contributed by atoms with van der Waals surface area (Å²) in [6.07, 6.45) is 5.78. The number of carbonyl (C=O) groups excluding carboxylic acids is 1. The van der Waals surface area contributed by atoms with Crippen LogP contribution in [-0.4, -0.2) is 12.1 Å². The van der Waals surface area contributed by atoms with Gasteiger partial charge in [0, 0.05) is 0 Å². The molecule has 0 aromatic carbocycles. The predicted octanol–water partition coefficient (Wildman–Crippen LogP) is 7.65. The Morgan fingerprint density at radius 1 is 0.840 bits per heavy atom. The summed E-state index contributed by atoms with van der Waals surface area (Å²) in [5.74, 6) is 0.720. The second-order valence-corrected chi connectivity index (χ2v) is 9.83. The SMILES string of the molecule is CC.CC(C)(C)C1CCC(OC(=O)C(C)(C)C(C)(C)C)CC1.CCC. The highest BCUT2D eigenvalue weighted by molar-refractivity contribution is 5.77. The second-order valence-electron chi connectivity index (χ2n) is 9.83. The maximum absolute atomic E-state index is 12.4. The lowest BCUT2D eigenvalue weighted by atomic mass is 9.69. The van der Waals surface area contributed by atoms with Gasteiger partial charge >= 0.3 is 5.97 Å². The molecule has 0 aromatic rings. The Morgan fingerprint density at radius 2 is 1.20 bits per heavy atom. The van der Waals surface area contributed by atoms with Crippen LogP contribution in [0.15, 0.2) is 0 Å². The number of hydrogen-bond acceptors (Lipinski definition) is 2. The molecule has 0 heterocycles. The number of esters is 1. The van der Waals surface area contributed by atoms with Crippen LogP contribution in [-0.2, 0) is 9.53 Å². The Bertz CT molecular complexity index is 347. The van der Waals surface area contributed by atoms with E-state index >= 15 is 0 Å². The molecule has 1 aliphatic rings. The van der Waals surface area contributed by atoms with Crippen molar-refractivity contribution in [3.63, 3.8) is 0 Å². The van der Waals surface area contributed by atoms with Crippen LogP contribution in [0.4, 0.5) is 0 Å². The van der Waals surface area contributed by atoms with Crippen LogP contribution in [0.25, 0.3) is 0 Å². The highest BCUT2D eigenvalue weighted by Crippen LogP contribution is 2.42. The number of ether oxygens (including phenoxy) is 1. The Morgan fingerprint density at radius 3 is 1.48 bits per heavy atom. The second kappa shape index (κ2) is 11.2. The minimum atomic E-state index is -0.437. The van der Waals surface area contributed by atoms with Crippen LogP contribution >= 0.6 is 0 Å². The van der Waals surface area contributed by atoms with E-state index in [0.29, 0.717) is 5.41 Å². The van der Waals surface area contributed by atoms with Crippen LogP contribution in [0.2, 0.25) is 0 Å². The quantitative estimate of drug-likeness (QED) is 0.475. The van der Waals surface area contributed by atoms with Crippen molar-refractivity contribution in [3.05, 3.63) is 0 Å². The molecule has 0 aliphatic heterocycles. The molecule has 0 aromatic heterocycles. The molecule has 1 saturated carbocycles. The van der Waals surface area contributed by atoms with Crippen molar-refractivity contribution in [2.45, 2.75) is 121 Å². The van der Waals surface area contributed by atoms with E-state index in [-0.39, 0.29) is 17.5 Å². The summed E-state index contributed by atoms with van der Waals surface area (Å²) in [6, 6.07) is 0. The van der Waals surface area contributed by atoms with E-state index < -0.39 is 5.41 Å². The first kappa shape index (κ1) is 26.7. The monoisotopic (exact) mass is 356 g/mol. The van der Waals surface area contributed by atoms with E-state index in [1.54, 1.807) is 0 Å². The van der Waals surface area contributed by atoms with Gasteiger partial charge in [0.2, 0.25) is 0 Å². The zero-order valence-electron chi connectivity index (χ0n) is 19.5. The Kier molecular flexibility index (Phi) is 12.0. The molecule has 0 saturated heterocycles. The minimum absolute atomic E-state index is 0.0378. The van der Waals surface area contributed by atoms with Crippen molar-refractivity contribution in [1.29, 1.82) is 0 Å². The third-order valence-electron chi connectivity index (χ3n) is 5.56. The molecule has 1 aliphatic carbocycles. The Labute approximate surface area is 159 Å². The van der Waals surface area contributed by atoms with Gasteiger partial charge < -0.3 is 4.74 Å². The molecule has 25 heavy (non-hydrogen) atoms. The van der Waals surface area contributed by atoms with Crippen molar-refractivity contribution in [1.82, 2.24) is 0 Å². The average molecular weight is 357 g/mol. The molecule has 0 N–H and O–H groups in total. The van der Waals surface area contributed by atoms with Gasteiger partial charge in [-0.2, -0.15) is 0 Å². The summed E-state index contributed by atoms with van der Waals surface area (Å²) in [7, 11) is 0. The van der Waals surface area contributed by atoms with Crippen molar-refractivity contribution in [2.75, 3.05) is 0 Å². The molecule has 0 amide bonds. The Hall–Kier alpha value is -0.530. The van der Waals surface area contributed by atoms with Crippen molar-refractivity contribution < 1.29 is 9.53 Å². The maximum atomic E-state index is 12.4. The third kappa shape index (κ3) is 9.11. The van der Waals surface area contributed by atoms with Gasteiger partial charge in [0.15, 0.2) is 0 Å². The van der Waals surface area contributed by atoms with Gasteiger partial charge in [0.25, 0.3) is 0 Å². The van der Waals surface area contributed by atoms with Gasteiger partial charge in [-0.15, -0.1) is 0 Å². The summed E-state index contributed by atoms with van der Waals surface area (Å²) in [4.78, 5) is 12.4. The lowest BCUT2D eigenvalue weighted by Gasteiger charge is -2.40. The summed E-state index contributed by atoms with van der Waals surface area (Å²) in [5.41, 5.74) is -0.139. The standard InChI is InChI=1S/C18H34O2.C3H8.C2H6/c1-16(2,3)13-9-11-14(12-10-13)20-15(19)18(7,8)17(4,5)6;1-3-2;1-2/h13-14H,9-12H2,1-8H3;3H2,1-2H3;1-2H3. The zero-order chi connectivity index (χ0) is 20.5. The molecule has 1 fully saturated rings. The predicted molar refractivity (Wildman–Crippen MR) is 112 cm³/mol.